The molecule has 3 heterocycles. The molecule has 1 amide bonds. The van der Waals surface area contributed by atoms with Gasteiger partial charge in [0.25, 0.3) is 5.91 Å². The lowest BCUT2D eigenvalue weighted by atomic mass is 10.0. The molecule has 0 spiro atoms. The Morgan fingerprint density at radius 1 is 1.13 bits per heavy atom. The monoisotopic (exact) mass is 447 g/mol. The lowest BCUT2D eigenvalue weighted by molar-refractivity contribution is 0.0948. The Morgan fingerprint density at radius 2 is 1.97 bits per heavy atom. The van der Waals surface area contributed by atoms with Crippen LogP contribution in [0, 0.1) is 0 Å². The normalized spacial score (nSPS) is 20.7. The maximum absolute atomic E-state index is 13.5. The van der Waals surface area contributed by atoms with Gasteiger partial charge in [0.05, 0.1) is 0 Å². The molecule has 2 aliphatic rings. The maximum atomic E-state index is 13.5. The quantitative estimate of drug-likeness (QED) is 0.738. The van der Waals surface area contributed by atoms with E-state index >= 15 is 0 Å². The highest BCUT2D eigenvalue weighted by Crippen LogP contribution is 2.28. The summed E-state index contributed by atoms with van der Waals surface area (Å²) in [5.41, 5.74) is 2.26. The molecule has 1 saturated heterocycles. The van der Waals surface area contributed by atoms with Crippen LogP contribution in [0.2, 0.25) is 0 Å². The predicted octanol–water partition coefficient (Wildman–Crippen LogP) is 3.15. The Hall–Kier alpha value is -1.74. The summed E-state index contributed by atoms with van der Waals surface area (Å²) < 4.78 is 28.5. The molecule has 0 aliphatic carbocycles. The number of carbonyl (C=O) groups excluding carboxylic acids is 1. The number of aryl methyl sites for hydroxylation is 1. The van der Waals surface area contributed by atoms with Gasteiger partial charge in [-0.1, -0.05) is 30.7 Å². The fourth-order valence-electron chi connectivity index (χ4n) is 4.23. The minimum absolute atomic E-state index is 0.125. The second-order valence-corrected chi connectivity index (χ2v) is 10.9. The van der Waals surface area contributed by atoms with Gasteiger partial charge in [-0.25, -0.2) is 8.42 Å². The van der Waals surface area contributed by atoms with Gasteiger partial charge in [-0.3, -0.25) is 4.79 Å². The number of amides is 1. The van der Waals surface area contributed by atoms with E-state index in [9.17, 15) is 13.2 Å². The van der Waals surface area contributed by atoms with Crippen LogP contribution < -0.4 is 10.6 Å². The smallest absolute Gasteiger partial charge is 0.262 e. The second-order valence-electron chi connectivity index (χ2n) is 8.04. The third kappa shape index (κ3) is 4.77. The van der Waals surface area contributed by atoms with Crippen LogP contribution >= 0.6 is 11.3 Å². The van der Waals surface area contributed by atoms with Crippen molar-refractivity contribution in [1.29, 1.82) is 0 Å². The van der Waals surface area contributed by atoms with Crippen molar-refractivity contribution in [2.45, 2.75) is 56.0 Å². The van der Waals surface area contributed by atoms with Crippen LogP contribution in [0.5, 0.6) is 0 Å². The van der Waals surface area contributed by atoms with E-state index < -0.39 is 10.0 Å². The lowest BCUT2D eigenvalue weighted by Gasteiger charge is -2.26. The highest BCUT2D eigenvalue weighted by Gasteiger charge is 2.31. The number of nitrogens with one attached hydrogen (secondary N) is 2. The number of hydrogen-bond acceptors (Lipinski definition) is 5. The van der Waals surface area contributed by atoms with Crippen LogP contribution in [0.25, 0.3) is 0 Å². The molecular weight excluding hydrogens is 418 g/mol. The molecule has 2 aliphatic heterocycles. The molecule has 8 heteroatoms. The molecule has 0 saturated carbocycles. The van der Waals surface area contributed by atoms with Gasteiger partial charge in [0.15, 0.2) is 0 Å². The molecule has 0 bridgehead atoms. The van der Waals surface area contributed by atoms with Crippen LogP contribution in [0.15, 0.2) is 40.6 Å². The average Bonchev–Trinajstić information content (AvgIpc) is 3.24. The third-order valence-corrected chi connectivity index (χ3v) is 8.87. The lowest BCUT2D eigenvalue weighted by Crippen LogP contribution is -2.43. The standard InChI is InChI=1S/C22H29N3O3S2/c26-22(24-15-19-10-3-5-12-23-19)21-20(11-14-29-21)30(27,28)25-13-6-4-8-17-7-1-2-9-18(17)16-25/h1-2,7,9,11,14,19,23H,3-6,8,10,12-13,15-16H2,(H,24,26)/t19-/m1/s1. The van der Waals surface area contributed by atoms with Crippen LogP contribution in [-0.2, 0) is 23.0 Å². The molecule has 1 fully saturated rings. The molecule has 1 aromatic carbocycles. The Labute approximate surface area is 182 Å². The Kier molecular flexibility index (Phi) is 6.87. The summed E-state index contributed by atoms with van der Waals surface area (Å²) in [6.45, 7) is 2.31. The van der Waals surface area contributed by atoms with Crippen molar-refractivity contribution < 1.29 is 13.2 Å². The summed E-state index contributed by atoms with van der Waals surface area (Å²) in [4.78, 5) is 13.2. The summed E-state index contributed by atoms with van der Waals surface area (Å²) in [6.07, 6.45) is 6.09. The first-order valence-electron chi connectivity index (χ1n) is 10.7. The van der Waals surface area contributed by atoms with Gasteiger partial charge in [0.2, 0.25) is 10.0 Å². The number of thiophene rings is 1. The second kappa shape index (κ2) is 9.60. The third-order valence-electron chi connectivity index (χ3n) is 5.94. The van der Waals surface area contributed by atoms with Crippen LogP contribution in [0.1, 0.15) is 52.9 Å². The van der Waals surface area contributed by atoms with Crippen LogP contribution in [0.3, 0.4) is 0 Å². The number of piperidine rings is 1. The largest absolute Gasteiger partial charge is 0.350 e. The van der Waals surface area contributed by atoms with Crippen molar-refractivity contribution in [2.24, 2.45) is 0 Å². The van der Waals surface area contributed by atoms with E-state index in [2.05, 4.69) is 16.7 Å². The Morgan fingerprint density at radius 3 is 2.77 bits per heavy atom. The molecule has 162 valence electrons. The van der Waals surface area contributed by atoms with E-state index in [4.69, 9.17) is 0 Å². The van der Waals surface area contributed by atoms with Crippen molar-refractivity contribution >= 4 is 27.3 Å². The number of hydrogen-bond donors (Lipinski definition) is 2. The van der Waals surface area contributed by atoms with Gasteiger partial charge in [0.1, 0.15) is 9.77 Å². The highest BCUT2D eigenvalue weighted by molar-refractivity contribution is 7.89. The highest BCUT2D eigenvalue weighted by atomic mass is 32.2. The average molecular weight is 448 g/mol. The molecule has 1 atom stereocenters. The van der Waals surface area contributed by atoms with Crippen LogP contribution in [0.4, 0.5) is 0 Å². The first kappa shape index (κ1) is 21.5. The van der Waals surface area contributed by atoms with Gasteiger partial charge in [-0.15, -0.1) is 11.3 Å². The molecule has 30 heavy (non-hydrogen) atoms. The first-order valence-corrected chi connectivity index (χ1v) is 13.0. The van der Waals surface area contributed by atoms with Gasteiger partial charge >= 0.3 is 0 Å². The molecule has 4 rings (SSSR count). The summed E-state index contributed by atoms with van der Waals surface area (Å²) >= 11 is 1.19. The number of rotatable bonds is 5. The van der Waals surface area contributed by atoms with Gasteiger partial charge in [-0.2, -0.15) is 4.31 Å². The number of sulfonamides is 1. The fraction of sp³-hybridized carbons (Fsp3) is 0.500. The Bertz CT molecular complexity index is 981. The number of carbonyl (C=O) groups is 1. The van der Waals surface area contributed by atoms with E-state index in [1.54, 1.807) is 11.4 Å². The zero-order valence-electron chi connectivity index (χ0n) is 17.1. The summed E-state index contributed by atoms with van der Waals surface area (Å²) in [7, 11) is -3.75. The van der Waals surface area contributed by atoms with E-state index in [0.717, 1.165) is 50.6 Å². The minimum Gasteiger partial charge on any atom is -0.350 e. The summed E-state index contributed by atoms with van der Waals surface area (Å²) in [5, 5.41) is 8.03. The first-order chi connectivity index (χ1) is 14.6. The minimum atomic E-state index is -3.75. The van der Waals surface area contributed by atoms with E-state index in [1.165, 1.54) is 21.2 Å². The maximum Gasteiger partial charge on any atom is 0.262 e. The van der Waals surface area contributed by atoms with E-state index in [0.29, 0.717) is 19.6 Å². The molecule has 2 aromatic rings. The molecule has 0 radical (unpaired) electrons. The van der Waals surface area contributed by atoms with Gasteiger partial charge in [0, 0.05) is 25.7 Å². The summed E-state index contributed by atoms with van der Waals surface area (Å²) in [6, 6.07) is 9.86. The molecule has 2 N–H and O–H groups in total. The van der Waals surface area contributed by atoms with E-state index in [-0.39, 0.29) is 21.7 Å². The topological polar surface area (TPSA) is 78.5 Å². The van der Waals surface area contributed by atoms with Gasteiger partial charge in [-0.05, 0) is 61.2 Å². The van der Waals surface area contributed by atoms with E-state index in [1.807, 2.05) is 18.2 Å². The van der Waals surface area contributed by atoms with Crippen molar-refractivity contribution in [3.05, 3.63) is 51.7 Å². The molecule has 6 nitrogen and oxygen atoms in total. The number of benzene rings is 1. The summed E-state index contributed by atoms with van der Waals surface area (Å²) in [5.74, 6) is -0.302. The molecule has 0 unspecified atom stereocenters. The van der Waals surface area contributed by atoms with Crippen molar-refractivity contribution in [3.8, 4) is 0 Å². The molecular formula is C22H29N3O3S2. The van der Waals surface area contributed by atoms with Crippen molar-refractivity contribution in [1.82, 2.24) is 14.9 Å². The van der Waals surface area contributed by atoms with Crippen molar-refractivity contribution in [2.75, 3.05) is 19.6 Å². The number of nitrogens with zero attached hydrogens (tertiary/aromatic N) is 1. The predicted molar refractivity (Wildman–Crippen MR) is 119 cm³/mol. The fourth-order valence-corrected chi connectivity index (χ4v) is 7.01. The van der Waals surface area contributed by atoms with Crippen molar-refractivity contribution in [3.63, 3.8) is 0 Å². The van der Waals surface area contributed by atoms with Crippen LogP contribution in [-0.4, -0.2) is 44.3 Å². The SMILES string of the molecule is O=C(NC[C@H]1CCCCN1)c1sccc1S(=O)(=O)N1CCCCc2ccccc2C1. The zero-order chi connectivity index (χ0) is 21.0. The number of fused-ring (bicyclic) bond motifs is 1. The Balaban J connectivity index is 1.52. The molecule has 1 aromatic heterocycles. The van der Waals surface area contributed by atoms with Gasteiger partial charge < -0.3 is 10.6 Å². The zero-order valence-corrected chi connectivity index (χ0v) is 18.7.